The minimum Gasteiger partial charge on any atom is -0.316 e. The van der Waals surface area contributed by atoms with E-state index in [4.69, 9.17) is 5.73 Å². The molecule has 0 saturated heterocycles. The summed E-state index contributed by atoms with van der Waals surface area (Å²) in [7, 11) is 0. The van der Waals surface area contributed by atoms with E-state index in [1.807, 2.05) is 0 Å². The van der Waals surface area contributed by atoms with E-state index < -0.39 is 12.2 Å². The predicted molar refractivity (Wildman–Crippen MR) is 49.1 cm³/mol. The van der Waals surface area contributed by atoms with E-state index in [-0.39, 0.29) is 5.56 Å². The van der Waals surface area contributed by atoms with Gasteiger partial charge in [-0.3, -0.25) is 5.10 Å². The van der Waals surface area contributed by atoms with Crippen LogP contribution in [0.15, 0.2) is 24.4 Å². The lowest BCUT2D eigenvalue weighted by molar-refractivity contribution is -0.149. The average Bonchev–Trinajstić information content (AvgIpc) is 2.61. The first kappa shape index (κ1) is 9.97. The first-order valence-electron chi connectivity index (χ1n) is 4.24. The summed E-state index contributed by atoms with van der Waals surface area (Å²) in [6.45, 7) is 0. The van der Waals surface area contributed by atoms with E-state index in [2.05, 4.69) is 10.2 Å². The van der Waals surface area contributed by atoms with Crippen LogP contribution in [0.1, 0.15) is 11.6 Å². The van der Waals surface area contributed by atoms with Crippen LogP contribution in [0.5, 0.6) is 0 Å². The Labute approximate surface area is 83.1 Å². The number of nitrogens with two attached hydrogens (primary N) is 1. The van der Waals surface area contributed by atoms with Gasteiger partial charge in [-0.1, -0.05) is 12.1 Å². The van der Waals surface area contributed by atoms with E-state index in [0.717, 1.165) is 5.39 Å². The van der Waals surface area contributed by atoms with Crippen LogP contribution < -0.4 is 5.73 Å². The van der Waals surface area contributed by atoms with Gasteiger partial charge in [-0.15, -0.1) is 0 Å². The normalized spacial score (nSPS) is 14.4. The van der Waals surface area contributed by atoms with E-state index in [9.17, 15) is 13.2 Å². The Morgan fingerprint density at radius 1 is 1.33 bits per heavy atom. The second-order valence-corrected chi connectivity index (χ2v) is 3.24. The summed E-state index contributed by atoms with van der Waals surface area (Å²) < 4.78 is 36.9. The van der Waals surface area contributed by atoms with E-state index >= 15 is 0 Å². The lowest BCUT2D eigenvalue weighted by Crippen LogP contribution is -2.28. The van der Waals surface area contributed by atoms with Crippen molar-refractivity contribution in [1.82, 2.24) is 10.2 Å². The van der Waals surface area contributed by atoms with E-state index in [1.54, 1.807) is 6.07 Å². The molecule has 0 aliphatic rings. The summed E-state index contributed by atoms with van der Waals surface area (Å²) in [5.74, 6) is 0. The number of fused-ring (bicyclic) bond motifs is 1. The summed E-state index contributed by atoms with van der Waals surface area (Å²) in [4.78, 5) is 0. The summed E-state index contributed by atoms with van der Waals surface area (Å²) in [5, 5.41) is 7.07. The molecule has 0 amide bonds. The zero-order chi connectivity index (χ0) is 11.1. The Hall–Kier alpha value is -1.56. The van der Waals surface area contributed by atoms with Crippen molar-refractivity contribution in [2.24, 2.45) is 5.73 Å². The van der Waals surface area contributed by atoms with Crippen molar-refractivity contribution in [1.29, 1.82) is 0 Å². The number of alkyl halides is 3. The van der Waals surface area contributed by atoms with Gasteiger partial charge in [0, 0.05) is 5.39 Å². The minimum absolute atomic E-state index is 0.0271. The Kier molecular flexibility index (Phi) is 2.15. The molecule has 6 heteroatoms. The molecular weight excluding hydrogens is 207 g/mol. The van der Waals surface area contributed by atoms with Crippen molar-refractivity contribution >= 4 is 10.9 Å². The van der Waals surface area contributed by atoms with Crippen molar-refractivity contribution in [3.8, 4) is 0 Å². The van der Waals surface area contributed by atoms with Crippen LogP contribution >= 0.6 is 0 Å². The third-order valence-electron chi connectivity index (χ3n) is 2.18. The summed E-state index contributed by atoms with van der Waals surface area (Å²) in [6, 6.07) is 2.32. The fraction of sp³-hybridized carbons (Fsp3) is 0.222. The summed E-state index contributed by atoms with van der Waals surface area (Å²) >= 11 is 0. The molecule has 0 aliphatic heterocycles. The SMILES string of the molecule is N[C@H](c1ccc2cn[nH]c2c1)C(F)(F)F. The first-order valence-corrected chi connectivity index (χ1v) is 4.24. The van der Waals surface area contributed by atoms with Gasteiger partial charge in [-0.25, -0.2) is 0 Å². The van der Waals surface area contributed by atoms with Gasteiger partial charge >= 0.3 is 6.18 Å². The van der Waals surface area contributed by atoms with Crippen LogP contribution in [0, 0.1) is 0 Å². The van der Waals surface area contributed by atoms with Gasteiger partial charge in [0.05, 0.1) is 11.7 Å². The van der Waals surface area contributed by atoms with Gasteiger partial charge in [0.1, 0.15) is 6.04 Å². The molecule has 0 fully saturated rings. The van der Waals surface area contributed by atoms with Gasteiger partial charge in [0.15, 0.2) is 0 Å². The highest BCUT2D eigenvalue weighted by molar-refractivity contribution is 5.78. The maximum absolute atomic E-state index is 12.3. The number of hydrogen-bond donors (Lipinski definition) is 2. The highest BCUT2D eigenvalue weighted by atomic mass is 19.4. The van der Waals surface area contributed by atoms with Gasteiger partial charge in [0.2, 0.25) is 0 Å². The second-order valence-electron chi connectivity index (χ2n) is 3.24. The van der Waals surface area contributed by atoms with Crippen LogP contribution in [-0.2, 0) is 0 Å². The van der Waals surface area contributed by atoms with Crippen LogP contribution in [-0.4, -0.2) is 16.4 Å². The van der Waals surface area contributed by atoms with E-state index in [0.29, 0.717) is 5.52 Å². The highest BCUT2D eigenvalue weighted by Crippen LogP contribution is 2.31. The third kappa shape index (κ3) is 1.80. The van der Waals surface area contributed by atoms with Crippen molar-refractivity contribution in [3.63, 3.8) is 0 Å². The van der Waals surface area contributed by atoms with Crippen molar-refractivity contribution in [3.05, 3.63) is 30.0 Å². The molecule has 0 saturated carbocycles. The first-order chi connectivity index (χ1) is 6.98. The molecule has 80 valence electrons. The highest BCUT2D eigenvalue weighted by Gasteiger charge is 2.37. The third-order valence-corrected chi connectivity index (χ3v) is 2.18. The predicted octanol–water partition coefficient (Wildman–Crippen LogP) is 2.12. The van der Waals surface area contributed by atoms with Gasteiger partial charge in [-0.2, -0.15) is 18.3 Å². The molecule has 2 rings (SSSR count). The smallest absolute Gasteiger partial charge is 0.316 e. The summed E-state index contributed by atoms with van der Waals surface area (Å²) in [6.07, 6.45) is -2.88. The number of hydrogen-bond acceptors (Lipinski definition) is 2. The molecule has 1 heterocycles. The molecule has 0 radical (unpaired) electrons. The zero-order valence-corrected chi connectivity index (χ0v) is 7.55. The largest absolute Gasteiger partial charge is 0.407 e. The van der Waals surface area contributed by atoms with Crippen LogP contribution in [0.3, 0.4) is 0 Å². The molecule has 1 aromatic heterocycles. The fourth-order valence-corrected chi connectivity index (χ4v) is 1.34. The minimum atomic E-state index is -4.42. The standard InChI is InChI=1S/C9H8F3N3/c10-9(11,12)8(13)5-1-2-6-4-14-15-7(6)3-5/h1-4,8H,13H2,(H,14,15)/t8-/m1/s1. The Balaban J connectivity index is 2.44. The zero-order valence-electron chi connectivity index (χ0n) is 7.55. The number of nitrogens with zero attached hydrogens (tertiary/aromatic N) is 1. The average molecular weight is 215 g/mol. The van der Waals surface area contributed by atoms with Gasteiger partial charge < -0.3 is 5.73 Å². The van der Waals surface area contributed by atoms with Crippen molar-refractivity contribution < 1.29 is 13.2 Å². The monoisotopic (exact) mass is 215 g/mol. The molecular formula is C9H8F3N3. The molecule has 0 unspecified atom stereocenters. The topological polar surface area (TPSA) is 54.7 Å². The van der Waals surface area contributed by atoms with Crippen LogP contribution in [0.2, 0.25) is 0 Å². The van der Waals surface area contributed by atoms with Crippen molar-refractivity contribution in [2.45, 2.75) is 12.2 Å². The number of nitrogens with one attached hydrogen (secondary N) is 1. The molecule has 3 nitrogen and oxygen atoms in total. The number of benzene rings is 1. The van der Waals surface area contributed by atoms with E-state index in [1.165, 1.54) is 18.3 Å². The van der Waals surface area contributed by atoms with Crippen molar-refractivity contribution in [2.75, 3.05) is 0 Å². The van der Waals surface area contributed by atoms with Gasteiger partial charge in [-0.05, 0) is 11.6 Å². The Morgan fingerprint density at radius 2 is 2.07 bits per heavy atom. The molecule has 15 heavy (non-hydrogen) atoms. The lowest BCUT2D eigenvalue weighted by atomic mass is 10.1. The number of aromatic nitrogens is 2. The summed E-state index contributed by atoms with van der Waals surface area (Å²) in [5.41, 5.74) is 5.65. The quantitative estimate of drug-likeness (QED) is 0.765. The van der Waals surface area contributed by atoms with Gasteiger partial charge in [0.25, 0.3) is 0 Å². The fourth-order valence-electron chi connectivity index (χ4n) is 1.34. The number of H-pyrrole nitrogens is 1. The molecule has 3 N–H and O–H groups in total. The van der Waals surface area contributed by atoms with Crippen LogP contribution in [0.25, 0.3) is 10.9 Å². The maximum Gasteiger partial charge on any atom is 0.407 e. The second kappa shape index (κ2) is 3.23. The molecule has 0 bridgehead atoms. The Morgan fingerprint density at radius 3 is 2.73 bits per heavy atom. The number of rotatable bonds is 1. The lowest BCUT2D eigenvalue weighted by Gasteiger charge is -2.15. The van der Waals surface area contributed by atoms with Crippen LogP contribution in [0.4, 0.5) is 13.2 Å². The molecule has 0 spiro atoms. The molecule has 0 aliphatic carbocycles. The Bertz CT molecular complexity index is 475. The molecule has 1 aromatic carbocycles. The number of halogens is 3. The molecule has 1 atom stereocenters. The maximum atomic E-state index is 12.3. The number of aromatic amines is 1. The molecule has 2 aromatic rings.